The first-order chi connectivity index (χ1) is 10.0. The Kier molecular flexibility index (Phi) is 5.83. The smallest absolute Gasteiger partial charge is 0.0159 e. The highest BCUT2D eigenvalue weighted by atomic mass is 15.1. The van der Waals surface area contributed by atoms with Crippen LogP contribution in [0.3, 0.4) is 0 Å². The van der Waals surface area contributed by atoms with E-state index in [0.717, 1.165) is 25.4 Å². The minimum absolute atomic E-state index is 0.445. The lowest BCUT2D eigenvalue weighted by Gasteiger charge is -2.33. The summed E-state index contributed by atoms with van der Waals surface area (Å²) in [4.78, 5) is 2.52. The highest BCUT2D eigenvalue weighted by Gasteiger charge is 2.41. The molecule has 2 unspecified atom stereocenters. The van der Waals surface area contributed by atoms with Gasteiger partial charge in [-0.2, -0.15) is 0 Å². The molecule has 118 valence electrons. The maximum Gasteiger partial charge on any atom is 0.0159 e. The van der Waals surface area contributed by atoms with Gasteiger partial charge in [-0.05, 0) is 49.8 Å². The average Bonchev–Trinajstić information content (AvgIpc) is 2.74. The van der Waals surface area contributed by atoms with Crippen LogP contribution >= 0.6 is 0 Å². The zero-order valence-electron chi connectivity index (χ0n) is 14.2. The Bertz CT molecular complexity index is 413. The Hall–Kier alpha value is -0.860. The van der Waals surface area contributed by atoms with Crippen LogP contribution in [0, 0.1) is 11.3 Å². The lowest BCUT2D eigenvalue weighted by molar-refractivity contribution is 0.206. The zero-order valence-corrected chi connectivity index (χ0v) is 14.2. The van der Waals surface area contributed by atoms with Crippen molar-refractivity contribution < 1.29 is 0 Å². The fourth-order valence-corrected chi connectivity index (χ4v) is 3.83. The van der Waals surface area contributed by atoms with E-state index in [2.05, 4.69) is 68.4 Å². The second-order valence-corrected chi connectivity index (χ2v) is 7.32. The third-order valence-electron chi connectivity index (χ3n) is 5.07. The van der Waals surface area contributed by atoms with Crippen LogP contribution in [0.15, 0.2) is 30.3 Å². The molecule has 0 amide bonds. The van der Waals surface area contributed by atoms with E-state index in [4.69, 9.17) is 0 Å². The summed E-state index contributed by atoms with van der Waals surface area (Å²) in [6.45, 7) is 10.5. The lowest BCUT2D eigenvalue weighted by Crippen LogP contribution is -2.45. The third-order valence-corrected chi connectivity index (χ3v) is 5.07. The second kappa shape index (κ2) is 7.42. The van der Waals surface area contributed by atoms with Crippen molar-refractivity contribution in [3.8, 4) is 0 Å². The van der Waals surface area contributed by atoms with Crippen LogP contribution in [0.25, 0.3) is 0 Å². The van der Waals surface area contributed by atoms with E-state index in [-0.39, 0.29) is 0 Å². The Morgan fingerprint density at radius 3 is 2.62 bits per heavy atom. The van der Waals surface area contributed by atoms with E-state index >= 15 is 0 Å². The molecular formula is C19H32N2. The topological polar surface area (TPSA) is 15.3 Å². The molecule has 2 nitrogen and oxygen atoms in total. The Labute approximate surface area is 130 Å². The molecule has 1 saturated carbocycles. The maximum absolute atomic E-state index is 3.74. The molecule has 2 heteroatoms. The van der Waals surface area contributed by atoms with Gasteiger partial charge in [-0.1, -0.05) is 51.1 Å². The van der Waals surface area contributed by atoms with Crippen LogP contribution in [0.2, 0.25) is 0 Å². The molecule has 1 aromatic rings. The SMILES string of the molecule is CCNC1C(CN(C)CCc2ccccc2)CCC1(C)C. The lowest BCUT2D eigenvalue weighted by atomic mass is 9.84. The first-order valence-electron chi connectivity index (χ1n) is 8.49. The summed E-state index contributed by atoms with van der Waals surface area (Å²) >= 11 is 0. The molecule has 1 N–H and O–H groups in total. The molecule has 2 rings (SSSR count). The molecule has 0 aliphatic heterocycles. The van der Waals surface area contributed by atoms with Crippen molar-refractivity contribution in [3.05, 3.63) is 35.9 Å². The molecule has 0 spiro atoms. The molecule has 2 atom stereocenters. The highest BCUT2D eigenvalue weighted by molar-refractivity contribution is 5.14. The van der Waals surface area contributed by atoms with Crippen LogP contribution in [-0.4, -0.2) is 37.6 Å². The van der Waals surface area contributed by atoms with Crippen LogP contribution in [0.5, 0.6) is 0 Å². The Morgan fingerprint density at radius 1 is 1.24 bits per heavy atom. The molecule has 21 heavy (non-hydrogen) atoms. The van der Waals surface area contributed by atoms with Gasteiger partial charge in [0.2, 0.25) is 0 Å². The van der Waals surface area contributed by atoms with Gasteiger partial charge in [0.05, 0.1) is 0 Å². The summed E-state index contributed by atoms with van der Waals surface area (Å²) in [5, 5.41) is 3.74. The van der Waals surface area contributed by atoms with Crippen LogP contribution < -0.4 is 5.32 Å². The van der Waals surface area contributed by atoms with Crippen molar-refractivity contribution in [2.75, 3.05) is 26.7 Å². The summed E-state index contributed by atoms with van der Waals surface area (Å²) < 4.78 is 0. The van der Waals surface area contributed by atoms with E-state index in [1.54, 1.807) is 0 Å². The summed E-state index contributed by atoms with van der Waals surface area (Å²) in [5.41, 5.74) is 1.89. The van der Waals surface area contributed by atoms with E-state index in [9.17, 15) is 0 Å². The van der Waals surface area contributed by atoms with Crippen molar-refractivity contribution in [1.82, 2.24) is 10.2 Å². The fraction of sp³-hybridized carbons (Fsp3) is 0.684. The van der Waals surface area contributed by atoms with Crippen molar-refractivity contribution >= 4 is 0 Å². The first-order valence-corrected chi connectivity index (χ1v) is 8.49. The molecule has 0 radical (unpaired) electrons. The summed E-state index contributed by atoms with van der Waals surface area (Å²) in [5.74, 6) is 0.792. The zero-order chi connectivity index (χ0) is 15.3. The number of nitrogens with one attached hydrogen (secondary N) is 1. The van der Waals surface area contributed by atoms with Gasteiger partial charge >= 0.3 is 0 Å². The van der Waals surface area contributed by atoms with Crippen molar-refractivity contribution in [1.29, 1.82) is 0 Å². The molecule has 1 fully saturated rings. The first kappa shape index (κ1) is 16.5. The molecule has 0 aromatic heterocycles. The van der Waals surface area contributed by atoms with Crippen LogP contribution in [0.1, 0.15) is 39.2 Å². The number of hydrogen-bond donors (Lipinski definition) is 1. The summed E-state index contributed by atoms with van der Waals surface area (Å²) in [6, 6.07) is 11.5. The number of likely N-dealkylation sites (N-methyl/N-ethyl adjacent to an activating group) is 1. The van der Waals surface area contributed by atoms with Gasteiger partial charge in [-0.15, -0.1) is 0 Å². The van der Waals surface area contributed by atoms with Crippen LogP contribution in [0.4, 0.5) is 0 Å². The minimum atomic E-state index is 0.445. The third kappa shape index (κ3) is 4.55. The number of benzene rings is 1. The van der Waals surface area contributed by atoms with E-state index in [1.807, 2.05) is 0 Å². The van der Waals surface area contributed by atoms with Crippen LogP contribution in [-0.2, 0) is 6.42 Å². The minimum Gasteiger partial charge on any atom is -0.313 e. The molecule has 0 bridgehead atoms. The molecule has 1 aromatic carbocycles. The second-order valence-electron chi connectivity index (χ2n) is 7.32. The van der Waals surface area contributed by atoms with Gasteiger partial charge < -0.3 is 10.2 Å². The highest BCUT2D eigenvalue weighted by Crippen LogP contribution is 2.41. The predicted octanol–water partition coefficient (Wildman–Crippen LogP) is 3.58. The number of nitrogens with zero attached hydrogens (tertiary/aromatic N) is 1. The molecule has 0 saturated heterocycles. The predicted molar refractivity (Wildman–Crippen MR) is 91.6 cm³/mol. The van der Waals surface area contributed by atoms with E-state index in [0.29, 0.717) is 11.5 Å². The standard InChI is InChI=1S/C19H32N2/c1-5-20-18-17(11-13-19(18,2)3)15-21(4)14-12-16-9-7-6-8-10-16/h6-10,17-18,20H,5,11-15H2,1-4H3. The van der Waals surface area contributed by atoms with Gasteiger partial charge in [0, 0.05) is 19.1 Å². The van der Waals surface area contributed by atoms with Gasteiger partial charge in [0.15, 0.2) is 0 Å². The van der Waals surface area contributed by atoms with Crippen molar-refractivity contribution in [2.24, 2.45) is 11.3 Å². The summed E-state index contributed by atoms with van der Waals surface area (Å²) in [7, 11) is 2.28. The van der Waals surface area contributed by atoms with E-state index in [1.165, 1.54) is 24.9 Å². The fourth-order valence-electron chi connectivity index (χ4n) is 3.83. The largest absolute Gasteiger partial charge is 0.313 e. The number of rotatable bonds is 7. The van der Waals surface area contributed by atoms with Gasteiger partial charge in [0.25, 0.3) is 0 Å². The van der Waals surface area contributed by atoms with Gasteiger partial charge in [-0.25, -0.2) is 0 Å². The average molecular weight is 288 g/mol. The maximum atomic E-state index is 3.74. The molecule has 1 aliphatic carbocycles. The van der Waals surface area contributed by atoms with Crippen molar-refractivity contribution in [2.45, 2.75) is 46.1 Å². The molecule has 0 heterocycles. The molecular weight excluding hydrogens is 256 g/mol. The molecule has 1 aliphatic rings. The Morgan fingerprint density at radius 2 is 1.95 bits per heavy atom. The Balaban J connectivity index is 1.83. The van der Waals surface area contributed by atoms with Gasteiger partial charge in [-0.3, -0.25) is 0 Å². The summed E-state index contributed by atoms with van der Waals surface area (Å²) in [6.07, 6.45) is 3.86. The van der Waals surface area contributed by atoms with Crippen molar-refractivity contribution in [3.63, 3.8) is 0 Å². The number of hydrogen-bond acceptors (Lipinski definition) is 2. The normalized spacial score (nSPS) is 24.6. The monoisotopic (exact) mass is 288 g/mol. The van der Waals surface area contributed by atoms with E-state index < -0.39 is 0 Å². The quantitative estimate of drug-likeness (QED) is 0.825. The van der Waals surface area contributed by atoms with Gasteiger partial charge in [0.1, 0.15) is 0 Å².